The van der Waals surface area contributed by atoms with E-state index in [0.717, 1.165) is 48.8 Å². The zero-order valence-corrected chi connectivity index (χ0v) is 13.2. The number of likely N-dealkylation sites (N-methyl/N-ethyl adjacent to an activating group) is 1. The molecule has 0 spiro atoms. The summed E-state index contributed by atoms with van der Waals surface area (Å²) in [6.45, 7) is 1.63. The monoisotopic (exact) mass is 307 g/mol. The van der Waals surface area contributed by atoms with Crippen LogP contribution in [0.4, 0.5) is 5.82 Å². The van der Waals surface area contributed by atoms with Crippen molar-refractivity contribution in [2.45, 2.75) is 31.8 Å². The van der Waals surface area contributed by atoms with Crippen LogP contribution in [0.25, 0.3) is 4.96 Å². The number of amides is 1. The second-order valence-electron chi connectivity index (χ2n) is 5.29. The van der Waals surface area contributed by atoms with Gasteiger partial charge in [-0.05, 0) is 26.3 Å². The first-order valence-electron chi connectivity index (χ1n) is 7.33. The number of aromatic nitrogens is 2. The molecule has 3 heterocycles. The first kappa shape index (κ1) is 14.3. The predicted molar refractivity (Wildman–Crippen MR) is 84.9 cm³/mol. The van der Waals surface area contributed by atoms with Crippen LogP contribution in [0.3, 0.4) is 0 Å². The van der Waals surface area contributed by atoms with E-state index in [-0.39, 0.29) is 11.9 Å². The molecule has 1 aliphatic heterocycles. The molecule has 2 aromatic rings. The molecule has 0 saturated carbocycles. The third-order valence-electron chi connectivity index (χ3n) is 4.01. The number of nitrogens with one attached hydrogen (secondary N) is 2. The predicted octanol–water partition coefficient (Wildman–Crippen LogP) is 1.22. The van der Waals surface area contributed by atoms with E-state index in [9.17, 15) is 4.79 Å². The van der Waals surface area contributed by atoms with E-state index in [1.54, 1.807) is 18.4 Å². The number of carbonyl (C=O) groups is 1. The highest BCUT2D eigenvalue weighted by Gasteiger charge is 2.31. The molecule has 3 rings (SSSR count). The van der Waals surface area contributed by atoms with E-state index in [1.807, 2.05) is 18.6 Å². The number of nitrogens with zero attached hydrogens (tertiary/aromatic N) is 3. The molecule has 1 atom stereocenters. The van der Waals surface area contributed by atoms with Crippen LogP contribution in [-0.2, 0) is 11.3 Å². The number of fused-ring (bicyclic) bond motifs is 1. The third kappa shape index (κ3) is 2.51. The minimum Gasteiger partial charge on any atom is -0.357 e. The number of piperidine rings is 1. The van der Waals surface area contributed by atoms with Crippen LogP contribution in [0.15, 0.2) is 11.6 Å². The third-order valence-corrected chi connectivity index (χ3v) is 4.76. The standard InChI is InChI=1S/C14H21N5OS/c1-15-9-11-12(17-14-19(11)7-8-21-14)18-6-4-3-5-10(18)13(20)16-2/h7-8,10,15H,3-6,9H2,1-2H3,(H,16,20). The van der Waals surface area contributed by atoms with E-state index in [2.05, 4.69) is 19.9 Å². The molecule has 7 heteroatoms. The van der Waals surface area contributed by atoms with Gasteiger partial charge in [0.25, 0.3) is 0 Å². The number of hydrogen-bond acceptors (Lipinski definition) is 5. The van der Waals surface area contributed by atoms with Gasteiger partial charge in [-0.2, -0.15) is 0 Å². The molecule has 2 aromatic heterocycles. The fraction of sp³-hybridized carbons (Fsp3) is 0.571. The minimum absolute atomic E-state index is 0.0847. The van der Waals surface area contributed by atoms with Crippen LogP contribution in [0.2, 0.25) is 0 Å². The van der Waals surface area contributed by atoms with Crippen molar-refractivity contribution in [2.24, 2.45) is 0 Å². The Morgan fingerprint density at radius 1 is 1.48 bits per heavy atom. The van der Waals surface area contributed by atoms with E-state index in [1.165, 1.54) is 0 Å². The van der Waals surface area contributed by atoms with Crippen molar-refractivity contribution in [3.05, 3.63) is 17.3 Å². The quantitative estimate of drug-likeness (QED) is 0.891. The van der Waals surface area contributed by atoms with Crippen molar-refractivity contribution in [1.82, 2.24) is 20.0 Å². The van der Waals surface area contributed by atoms with Crippen LogP contribution in [-0.4, -0.2) is 42.0 Å². The Bertz CT molecular complexity index is 634. The van der Waals surface area contributed by atoms with Gasteiger partial charge in [-0.25, -0.2) is 4.98 Å². The van der Waals surface area contributed by atoms with Gasteiger partial charge in [0, 0.05) is 31.7 Å². The van der Waals surface area contributed by atoms with Gasteiger partial charge < -0.3 is 15.5 Å². The highest BCUT2D eigenvalue weighted by molar-refractivity contribution is 7.15. The summed E-state index contributed by atoms with van der Waals surface area (Å²) in [4.78, 5) is 20.1. The van der Waals surface area contributed by atoms with E-state index in [4.69, 9.17) is 4.98 Å². The summed E-state index contributed by atoms with van der Waals surface area (Å²) in [5.41, 5.74) is 1.13. The van der Waals surface area contributed by atoms with Crippen LogP contribution in [0.5, 0.6) is 0 Å². The van der Waals surface area contributed by atoms with Gasteiger partial charge in [0.15, 0.2) is 10.8 Å². The molecule has 1 saturated heterocycles. The zero-order chi connectivity index (χ0) is 14.8. The van der Waals surface area contributed by atoms with Gasteiger partial charge in [0.1, 0.15) is 6.04 Å². The molecule has 21 heavy (non-hydrogen) atoms. The maximum atomic E-state index is 12.2. The number of anilines is 1. The molecule has 0 bridgehead atoms. The van der Waals surface area contributed by atoms with Crippen LogP contribution >= 0.6 is 11.3 Å². The number of thiazole rings is 1. The average Bonchev–Trinajstić information content (AvgIpc) is 3.09. The Morgan fingerprint density at radius 3 is 3.10 bits per heavy atom. The highest BCUT2D eigenvalue weighted by Crippen LogP contribution is 2.30. The number of carbonyl (C=O) groups excluding carboxylic acids is 1. The largest absolute Gasteiger partial charge is 0.357 e. The number of rotatable bonds is 4. The van der Waals surface area contributed by atoms with Crippen molar-refractivity contribution >= 4 is 28.0 Å². The smallest absolute Gasteiger partial charge is 0.242 e. The van der Waals surface area contributed by atoms with Crippen LogP contribution in [0.1, 0.15) is 25.0 Å². The number of imidazole rings is 1. The summed E-state index contributed by atoms with van der Waals surface area (Å²) in [5.74, 6) is 1.03. The van der Waals surface area contributed by atoms with Gasteiger partial charge >= 0.3 is 0 Å². The molecule has 0 radical (unpaired) electrons. The van der Waals surface area contributed by atoms with Crippen molar-refractivity contribution in [3.8, 4) is 0 Å². The van der Waals surface area contributed by atoms with E-state index < -0.39 is 0 Å². The molecule has 1 unspecified atom stereocenters. The van der Waals surface area contributed by atoms with Gasteiger partial charge in [-0.15, -0.1) is 11.3 Å². The Labute approximate surface area is 128 Å². The molecular weight excluding hydrogens is 286 g/mol. The zero-order valence-electron chi connectivity index (χ0n) is 12.4. The summed E-state index contributed by atoms with van der Waals surface area (Å²) in [6.07, 6.45) is 5.14. The van der Waals surface area contributed by atoms with Crippen molar-refractivity contribution in [1.29, 1.82) is 0 Å². The van der Waals surface area contributed by atoms with Crippen molar-refractivity contribution in [3.63, 3.8) is 0 Å². The normalized spacial score (nSPS) is 19.1. The van der Waals surface area contributed by atoms with Gasteiger partial charge in [-0.1, -0.05) is 0 Å². The highest BCUT2D eigenvalue weighted by atomic mass is 32.1. The summed E-state index contributed by atoms with van der Waals surface area (Å²) in [5, 5.41) is 8.03. The maximum Gasteiger partial charge on any atom is 0.242 e. The minimum atomic E-state index is -0.107. The average molecular weight is 307 g/mol. The molecule has 1 amide bonds. The number of hydrogen-bond donors (Lipinski definition) is 2. The van der Waals surface area contributed by atoms with Gasteiger partial charge in [-0.3, -0.25) is 9.20 Å². The topological polar surface area (TPSA) is 61.7 Å². The van der Waals surface area contributed by atoms with Gasteiger partial charge in [0.2, 0.25) is 5.91 Å². The maximum absolute atomic E-state index is 12.2. The second-order valence-corrected chi connectivity index (χ2v) is 6.16. The Hall–Kier alpha value is -1.60. The molecule has 2 N–H and O–H groups in total. The molecule has 114 valence electrons. The first-order chi connectivity index (χ1) is 10.3. The van der Waals surface area contributed by atoms with Gasteiger partial charge in [0.05, 0.1) is 5.69 Å². The molecule has 0 aliphatic carbocycles. The molecule has 1 fully saturated rings. The Balaban J connectivity index is 2.02. The lowest BCUT2D eigenvalue weighted by molar-refractivity contribution is -0.122. The Kier molecular flexibility index (Phi) is 4.12. The lowest BCUT2D eigenvalue weighted by Crippen LogP contribution is -2.49. The summed E-state index contributed by atoms with van der Waals surface area (Å²) in [7, 11) is 3.64. The van der Waals surface area contributed by atoms with Crippen molar-refractivity contribution < 1.29 is 4.79 Å². The lowest BCUT2D eigenvalue weighted by Gasteiger charge is -2.35. The van der Waals surface area contributed by atoms with E-state index in [0.29, 0.717) is 0 Å². The second kappa shape index (κ2) is 6.03. The summed E-state index contributed by atoms with van der Waals surface area (Å²) in [6, 6.07) is -0.107. The fourth-order valence-electron chi connectivity index (χ4n) is 3.01. The lowest BCUT2D eigenvalue weighted by atomic mass is 10.0. The van der Waals surface area contributed by atoms with Crippen LogP contribution in [0, 0.1) is 0 Å². The van der Waals surface area contributed by atoms with Crippen LogP contribution < -0.4 is 15.5 Å². The summed E-state index contributed by atoms with van der Waals surface area (Å²) >= 11 is 1.62. The molecule has 0 aromatic carbocycles. The first-order valence-corrected chi connectivity index (χ1v) is 8.21. The summed E-state index contributed by atoms with van der Waals surface area (Å²) < 4.78 is 2.12. The molecular formula is C14H21N5OS. The SMILES string of the molecule is CNCc1c(N2CCCCC2C(=O)NC)nc2sccn12. The Morgan fingerprint density at radius 2 is 2.33 bits per heavy atom. The molecule has 6 nitrogen and oxygen atoms in total. The van der Waals surface area contributed by atoms with E-state index >= 15 is 0 Å². The fourth-order valence-corrected chi connectivity index (χ4v) is 3.74. The molecule has 1 aliphatic rings. The van der Waals surface area contributed by atoms with Crippen molar-refractivity contribution in [2.75, 3.05) is 25.5 Å².